The lowest BCUT2D eigenvalue weighted by atomic mass is 10.2. The lowest BCUT2D eigenvalue weighted by Crippen LogP contribution is -2.33. The molecule has 0 spiro atoms. The smallest absolute Gasteiger partial charge is 0.268 e. The van der Waals surface area contributed by atoms with Gasteiger partial charge in [0.2, 0.25) is 0 Å². The van der Waals surface area contributed by atoms with Crippen molar-refractivity contribution in [1.29, 1.82) is 0 Å². The molecule has 0 fully saturated rings. The molecule has 0 amide bonds. The van der Waals surface area contributed by atoms with Gasteiger partial charge in [-0.2, -0.15) is 0 Å². The largest absolute Gasteiger partial charge is 0.268 e. The molecule has 21 heavy (non-hydrogen) atoms. The number of thiazole rings is 1. The van der Waals surface area contributed by atoms with E-state index in [0.717, 1.165) is 30.0 Å². The van der Waals surface area contributed by atoms with Gasteiger partial charge in [-0.3, -0.25) is 19.4 Å². The highest BCUT2D eigenvalue weighted by Crippen LogP contribution is 2.14. The number of aromatic nitrogens is 3. The third-order valence-corrected chi connectivity index (χ3v) is 4.70. The molecule has 114 valence electrons. The molecular weight excluding hydrogens is 310 g/mol. The molecule has 0 aromatic carbocycles. The van der Waals surface area contributed by atoms with Gasteiger partial charge >= 0.3 is 0 Å². The van der Waals surface area contributed by atoms with Crippen molar-refractivity contribution < 1.29 is 0 Å². The predicted molar refractivity (Wildman–Crippen MR) is 85.4 cm³/mol. The van der Waals surface area contributed by atoms with Gasteiger partial charge in [-0.05, 0) is 33.1 Å². The van der Waals surface area contributed by atoms with Crippen molar-refractivity contribution in [2.45, 2.75) is 45.5 Å². The molecule has 2 aromatic rings. The molecule has 2 heterocycles. The van der Waals surface area contributed by atoms with Crippen LogP contribution in [0.15, 0.2) is 15.0 Å². The predicted octanol–water partition coefficient (Wildman–Crippen LogP) is 2.37. The Balaban J connectivity index is 1.92. The lowest BCUT2D eigenvalue weighted by molar-refractivity contribution is 0.521. The molecule has 2 aromatic heterocycles. The van der Waals surface area contributed by atoms with Gasteiger partial charge in [-0.25, -0.2) is 4.98 Å². The second kappa shape index (κ2) is 7.04. The number of halogens is 1. The summed E-state index contributed by atoms with van der Waals surface area (Å²) >= 11 is 7.32. The zero-order valence-corrected chi connectivity index (χ0v) is 13.7. The van der Waals surface area contributed by atoms with Crippen LogP contribution in [0.2, 0.25) is 0 Å². The van der Waals surface area contributed by atoms with Crippen molar-refractivity contribution in [3.63, 3.8) is 0 Å². The van der Waals surface area contributed by atoms with Crippen molar-refractivity contribution in [1.82, 2.24) is 14.8 Å². The van der Waals surface area contributed by atoms with Crippen molar-refractivity contribution in [3.05, 3.63) is 47.9 Å². The maximum absolute atomic E-state index is 12.0. The van der Waals surface area contributed by atoms with E-state index in [4.69, 9.17) is 11.6 Å². The van der Waals surface area contributed by atoms with Gasteiger partial charge in [0, 0.05) is 23.1 Å². The first-order chi connectivity index (χ1) is 10.0. The number of alkyl halides is 1. The van der Waals surface area contributed by atoms with Crippen LogP contribution in [0.5, 0.6) is 0 Å². The van der Waals surface area contributed by atoms with E-state index in [9.17, 15) is 9.59 Å². The summed E-state index contributed by atoms with van der Waals surface area (Å²) in [4.78, 5) is 28.1. The standard InChI is InChI=1S/C14H18ClN3O2S/c1-9-10(2)14(20)18(17-13(9)19)6-4-3-5-12-16-11(7-15)8-21-12/h8H,3-7H2,1-2H3,(H,17,19). The molecule has 2 rings (SSSR count). The molecule has 1 N–H and O–H groups in total. The number of aryl methyl sites for hydroxylation is 2. The molecular formula is C14H18ClN3O2S. The lowest BCUT2D eigenvalue weighted by Gasteiger charge is -2.07. The molecule has 0 aliphatic rings. The van der Waals surface area contributed by atoms with Crippen LogP contribution in [0, 0.1) is 13.8 Å². The molecule has 7 heteroatoms. The molecule has 0 saturated heterocycles. The minimum Gasteiger partial charge on any atom is -0.268 e. The number of unbranched alkanes of at least 4 members (excludes halogenated alkanes) is 1. The van der Waals surface area contributed by atoms with E-state index in [1.165, 1.54) is 4.68 Å². The first-order valence-electron chi connectivity index (χ1n) is 6.82. The van der Waals surface area contributed by atoms with E-state index in [0.29, 0.717) is 23.6 Å². The highest BCUT2D eigenvalue weighted by Gasteiger charge is 2.07. The average Bonchev–Trinajstić information content (AvgIpc) is 2.94. The summed E-state index contributed by atoms with van der Waals surface area (Å²) in [7, 11) is 0. The van der Waals surface area contributed by atoms with Crippen LogP contribution < -0.4 is 11.1 Å². The van der Waals surface area contributed by atoms with Crippen LogP contribution in [0.1, 0.15) is 34.7 Å². The Morgan fingerprint density at radius 3 is 2.71 bits per heavy atom. The number of H-pyrrole nitrogens is 1. The number of rotatable bonds is 6. The Labute approximate surface area is 131 Å². The topological polar surface area (TPSA) is 67.8 Å². The van der Waals surface area contributed by atoms with E-state index in [1.807, 2.05) is 5.38 Å². The summed E-state index contributed by atoms with van der Waals surface area (Å²) in [6, 6.07) is 0. The van der Waals surface area contributed by atoms with Gasteiger partial charge in [0.15, 0.2) is 0 Å². The van der Waals surface area contributed by atoms with Crippen LogP contribution in [-0.4, -0.2) is 14.8 Å². The summed E-state index contributed by atoms with van der Waals surface area (Å²) in [6.45, 7) is 3.87. The monoisotopic (exact) mass is 327 g/mol. The van der Waals surface area contributed by atoms with Crippen molar-refractivity contribution in [2.75, 3.05) is 0 Å². The normalized spacial score (nSPS) is 11.0. The molecule has 0 radical (unpaired) electrons. The van der Waals surface area contributed by atoms with Crippen LogP contribution >= 0.6 is 22.9 Å². The van der Waals surface area contributed by atoms with E-state index >= 15 is 0 Å². The summed E-state index contributed by atoms with van der Waals surface area (Å²) in [5, 5.41) is 5.64. The number of aromatic amines is 1. The zero-order chi connectivity index (χ0) is 15.4. The Morgan fingerprint density at radius 1 is 1.29 bits per heavy atom. The molecule has 0 bridgehead atoms. The number of hydrogen-bond acceptors (Lipinski definition) is 4. The fraction of sp³-hybridized carbons (Fsp3) is 0.500. The van der Waals surface area contributed by atoms with E-state index in [-0.39, 0.29) is 11.1 Å². The summed E-state index contributed by atoms with van der Waals surface area (Å²) in [5.41, 5.74) is 1.61. The third kappa shape index (κ3) is 3.83. The van der Waals surface area contributed by atoms with E-state index in [1.54, 1.807) is 25.2 Å². The van der Waals surface area contributed by atoms with E-state index in [2.05, 4.69) is 10.1 Å². The van der Waals surface area contributed by atoms with Crippen molar-refractivity contribution in [2.24, 2.45) is 0 Å². The van der Waals surface area contributed by atoms with Gasteiger partial charge < -0.3 is 0 Å². The van der Waals surface area contributed by atoms with Crippen LogP contribution in [0.4, 0.5) is 0 Å². The molecule has 0 atom stereocenters. The van der Waals surface area contributed by atoms with Crippen molar-refractivity contribution in [3.8, 4) is 0 Å². The van der Waals surface area contributed by atoms with Crippen LogP contribution in [0.3, 0.4) is 0 Å². The number of nitrogens with zero attached hydrogens (tertiary/aromatic N) is 2. The molecule has 0 aliphatic heterocycles. The Hall–Kier alpha value is -1.40. The third-order valence-electron chi connectivity index (χ3n) is 3.46. The highest BCUT2D eigenvalue weighted by atomic mass is 35.5. The molecule has 5 nitrogen and oxygen atoms in total. The first-order valence-corrected chi connectivity index (χ1v) is 8.24. The highest BCUT2D eigenvalue weighted by molar-refractivity contribution is 7.09. The van der Waals surface area contributed by atoms with Crippen molar-refractivity contribution >= 4 is 22.9 Å². The summed E-state index contributed by atoms with van der Waals surface area (Å²) in [5.74, 6) is 0.440. The minimum absolute atomic E-state index is 0.120. The van der Waals surface area contributed by atoms with E-state index < -0.39 is 0 Å². The maximum atomic E-state index is 12.0. The summed E-state index contributed by atoms with van der Waals surface area (Å²) < 4.78 is 1.40. The second-order valence-electron chi connectivity index (χ2n) is 4.97. The van der Waals surface area contributed by atoms with Gasteiger partial charge in [0.05, 0.1) is 16.6 Å². The maximum Gasteiger partial charge on any atom is 0.268 e. The minimum atomic E-state index is -0.196. The fourth-order valence-corrected chi connectivity index (χ4v) is 3.09. The first kappa shape index (κ1) is 16.0. The van der Waals surface area contributed by atoms with Crippen LogP contribution in [0.25, 0.3) is 0 Å². The quantitative estimate of drug-likeness (QED) is 0.654. The Bertz CT molecular complexity index is 733. The zero-order valence-electron chi connectivity index (χ0n) is 12.1. The number of nitrogens with one attached hydrogen (secondary N) is 1. The van der Waals surface area contributed by atoms with Gasteiger partial charge in [-0.15, -0.1) is 22.9 Å². The SMILES string of the molecule is Cc1c(C)c(=O)n(CCCCc2nc(CCl)cs2)[nH]c1=O. The van der Waals surface area contributed by atoms with Gasteiger partial charge in [-0.1, -0.05) is 0 Å². The summed E-state index contributed by atoms with van der Waals surface area (Å²) in [6.07, 6.45) is 2.59. The molecule has 0 unspecified atom stereocenters. The molecule has 0 aliphatic carbocycles. The Kier molecular flexibility index (Phi) is 5.36. The van der Waals surface area contributed by atoms with Gasteiger partial charge in [0.1, 0.15) is 0 Å². The second-order valence-corrected chi connectivity index (χ2v) is 6.18. The average molecular weight is 328 g/mol. The van der Waals surface area contributed by atoms with Crippen LogP contribution in [-0.2, 0) is 18.8 Å². The fourth-order valence-electron chi connectivity index (χ4n) is 2.02. The Morgan fingerprint density at radius 2 is 2.05 bits per heavy atom. The number of hydrogen-bond donors (Lipinski definition) is 1. The molecule has 0 saturated carbocycles. The van der Waals surface area contributed by atoms with Gasteiger partial charge in [0.25, 0.3) is 11.1 Å².